The predicted molar refractivity (Wildman–Crippen MR) is 141 cm³/mol. The number of hydrogen-bond donors (Lipinski definition) is 2. The molecule has 9 heteroatoms. The van der Waals surface area contributed by atoms with E-state index in [1.807, 2.05) is 18.2 Å². The molecule has 9 nitrogen and oxygen atoms in total. The average molecular weight is 505 g/mol. The minimum atomic E-state index is -1.67. The molecule has 2 aliphatic rings. The average Bonchev–Trinajstić information content (AvgIpc) is 3.24. The fraction of sp³-hybridized carbons (Fsp3) is 0.429. The lowest BCUT2D eigenvalue weighted by molar-refractivity contribution is -0.188. The number of ether oxygens (including phenoxy) is 2. The summed E-state index contributed by atoms with van der Waals surface area (Å²) in [6, 6.07) is 7.38. The van der Waals surface area contributed by atoms with Crippen molar-refractivity contribution in [3.8, 4) is 11.4 Å². The molecule has 5 rings (SSSR count). The number of esters is 2. The number of nitrogens with zero attached hydrogens (tertiary/aromatic N) is 2. The Labute approximate surface area is 215 Å². The first-order chi connectivity index (χ1) is 17.8. The maximum absolute atomic E-state index is 13.7. The zero-order chi connectivity index (χ0) is 26.3. The van der Waals surface area contributed by atoms with Crippen LogP contribution in [0.4, 0.5) is 11.4 Å². The number of pyridine rings is 2. The zero-order valence-corrected chi connectivity index (χ0v) is 21.5. The van der Waals surface area contributed by atoms with Gasteiger partial charge in [0.15, 0.2) is 0 Å². The number of nitrogen functional groups attached to an aromatic ring is 1. The number of cyclic esters (lactones) is 1. The fourth-order valence-corrected chi connectivity index (χ4v) is 5.52. The van der Waals surface area contributed by atoms with Gasteiger partial charge in [-0.2, -0.15) is 0 Å². The van der Waals surface area contributed by atoms with Crippen molar-refractivity contribution < 1.29 is 19.1 Å². The first-order valence-electron chi connectivity index (χ1n) is 12.9. The van der Waals surface area contributed by atoms with Crippen LogP contribution >= 0.6 is 0 Å². The van der Waals surface area contributed by atoms with Gasteiger partial charge in [-0.1, -0.05) is 39.2 Å². The second-order valence-corrected chi connectivity index (χ2v) is 9.71. The van der Waals surface area contributed by atoms with E-state index < -0.39 is 17.5 Å². The Morgan fingerprint density at radius 2 is 2.03 bits per heavy atom. The van der Waals surface area contributed by atoms with Gasteiger partial charge < -0.3 is 25.1 Å². The maximum atomic E-state index is 13.7. The van der Waals surface area contributed by atoms with E-state index >= 15 is 0 Å². The van der Waals surface area contributed by atoms with Gasteiger partial charge in [0.2, 0.25) is 5.60 Å². The lowest BCUT2D eigenvalue weighted by Crippen LogP contribution is -2.47. The number of anilines is 2. The van der Waals surface area contributed by atoms with Crippen LogP contribution in [0.5, 0.6) is 0 Å². The molecular weight excluding hydrogens is 472 g/mol. The number of nitrogens with two attached hydrogens (primary N) is 1. The summed E-state index contributed by atoms with van der Waals surface area (Å²) in [5.41, 5.74) is 9.46. The third-order valence-electron chi connectivity index (χ3n) is 7.36. The van der Waals surface area contributed by atoms with Crippen molar-refractivity contribution in [2.45, 2.75) is 71.6 Å². The smallest absolute Gasteiger partial charge is 0.355 e. The van der Waals surface area contributed by atoms with E-state index in [2.05, 4.69) is 12.2 Å². The van der Waals surface area contributed by atoms with Gasteiger partial charge in [0, 0.05) is 35.7 Å². The number of rotatable bonds is 8. The largest absolute Gasteiger partial charge is 0.457 e. The first kappa shape index (κ1) is 24.8. The molecule has 0 saturated heterocycles. The number of fused-ring (bicyclic) bond motifs is 5. The van der Waals surface area contributed by atoms with Gasteiger partial charge in [0.05, 0.1) is 34.7 Å². The highest BCUT2D eigenvalue weighted by Gasteiger charge is 2.50. The number of carbonyl (C=O) groups excluding carboxylic acids is 2. The van der Waals surface area contributed by atoms with Gasteiger partial charge in [0.25, 0.3) is 5.56 Å². The van der Waals surface area contributed by atoms with Crippen LogP contribution in [0.15, 0.2) is 29.1 Å². The Bertz CT molecular complexity index is 1480. The van der Waals surface area contributed by atoms with Crippen molar-refractivity contribution >= 4 is 34.2 Å². The lowest BCUT2D eigenvalue weighted by atomic mass is 9.85. The van der Waals surface area contributed by atoms with Crippen molar-refractivity contribution in [3.05, 3.63) is 51.3 Å². The summed E-state index contributed by atoms with van der Waals surface area (Å²) < 4.78 is 12.6. The second kappa shape index (κ2) is 9.53. The van der Waals surface area contributed by atoms with Gasteiger partial charge in [-0.3, -0.25) is 9.59 Å². The summed E-state index contributed by atoms with van der Waals surface area (Å²) in [6.07, 6.45) is 4.61. The summed E-state index contributed by atoms with van der Waals surface area (Å²) in [5, 5.41) is 4.43. The molecule has 194 valence electrons. The number of aromatic nitrogens is 2. The van der Waals surface area contributed by atoms with E-state index in [1.165, 1.54) is 13.3 Å². The minimum absolute atomic E-state index is 0.139. The molecule has 0 unspecified atom stereocenters. The molecular formula is C28H32N4O5. The van der Waals surface area contributed by atoms with E-state index in [4.69, 9.17) is 20.2 Å². The molecule has 37 heavy (non-hydrogen) atoms. The number of carbonyl (C=O) groups is 2. The van der Waals surface area contributed by atoms with Crippen LogP contribution in [0.25, 0.3) is 22.3 Å². The predicted octanol–water partition coefficient (Wildman–Crippen LogP) is 4.22. The molecule has 1 aromatic carbocycles. The molecule has 0 radical (unpaired) electrons. The molecule has 2 aliphatic heterocycles. The molecule has 0 saturated carbocycles. The van der Waals surface area contributed by atoms with E-state index in [0.717, 1.165) is 48.0 Å². The van der Waals surface area contributed by atoms with Gasteiger partial charge in [-0.25, -0.2) is 9.78 Å². The Hall–Kier alpha value is -3.88. The number of hydrogen-bond acceptors (Lipinski definition) is 8. The third kappa shape index (κ3) is 3.93. The summed E-state index contributed by atoms with van der Waals surface area (Å²) in [6.45, 7) is 6.07. The van der Waals surface area contributed by atoms with Crippen molar-refractivity contribution in [1.82, 2.24) is 9.55 Å². The molecule has 0 spiro atoms. The quantitative estimate of drug-likeness (QED) is 0.207. The zero-order valence-electron chi connectivity index (χ0n) is 21.5. The van der Waals surface area contributed by atoms with E-state index in [1.54, 1.807) is 17.6 Å². The van der Waals surface area contributed by atoms with Crippen molar-refractivity contribution in [2.24, 2.45) is 0 Å². The fourth-order valence-electron chi connectivity index (χ4n) is 5.52. The van der Waals surface area contributed by atoms with E-state index in [0.29, 0.717) is 34.7 Å². The highest BCUT2D eigenvalue weighted by Crippen LogP contribution is 2.44. The van der Waals surface area contributed by atoms with Crippen molar-refractivity contribution in [3.63, 3.8) is 0 Å². The maximum Gasteiger partial charge on any atom is 0.355 e. The standard InChI is InChI=1S/C28H32N4O5/c1-4-6-7-8-12-30-25-17-14-32-22(24(17)31-21-11-9-10-20(29)23(21)25)13-19-18(26(32)34)15-36-27(35)28(19,5-2)37-16(3)33/h9-11,13H,4-8,12,14-15,29H2,1-3H3,(H,30,31)/t28-/m0/s1. The second-order valence-electron chi connectivity index (χ2n) is 9.71. The molecule has 0 amide bonds. The number of benzene rings is 1. The molecule has 0 aliphatic carbocycles. The monoisotopic (exact) mass is 504 g/mol. The van der Waals surface area contributed by atoms with Crippen molar-refractivity contribution in [2.75, 3.05) is 17.6 Å². The van der Waals surface area contributed by atoms with Crippen LogP contribution < -0.4 is 16.6 Å². The molecule has 0 fully saturated rings. The lowest BCUT2D eigenvalue weighted by Gasteiger charge is -2.35. The SMILES string of the molecule is CCCCCCNc1c2c(nc3cccc(N)c13)-c1cc3c(c(=O)n1C2)COC(=O)[C@@]3(CC)OC(C)=O. The van der Waals surface area contributed by atoms with E-state index in [9.17, 15) is 14.4 Å². The molecule has 3 N–H and O–H groups in total. The summed E-state index contributed by atoms with van der Waals surface area (Å²) >= 11 is 0. The number of nitrogens with one attached hydrogen (secondary N) is 1. The highest BCUT2D eigenvalue weighted by atomic mass is 16.6. The van der Waals surface area contributed by atoms with Crippen LogP contribution in [-0.2, 0) is 37.8 Å². The topological polar surface area (TPSA) is 126 Å². The van der Waals surface area contributed by atoms with Gasteiger partial charge in [0.1, 0.15) is 6.61 Å². The van der Waals surface area contributed by atoms with Crippen LogP contribution in [0, 0.1) is 0 Å². The summed E-state index contributed by atoms with van der Waals surface area (Å²) in [7, 11) is 0. The van der Waals surface area contributed by atoms with Gasteiger partial charge in [-0.15, -0.1) is 0 Å². The first-order valence-corrected chi connectivity index (χ1v) is 12.9. The van der Waals surface area contributed by atoms with Crippen LogP contribution in [-0.4, -0.2) is 28.0 Å². The van der Waals surface area contributed by atoms with Crippen LogP contribution in [0.1, 0.15) is 69.6 Å². The summed E-state index contributed by atoms with van der Waals surface area (Å²) in [5.74, 6) is -1.30. The Balaban J connectivity index is 1.70. The molecule has 1 atom stereocenters. The molecule has 2 aromatic heterocycles. The van der Waals surface area contributed by atoms with Crippen LogP contribution in [0.3, 0.4) is 0 Å². The Kier molecular flexibility index (Phi) is 6.39. The molecule has 4 heterocycles. The summed E-state index contributed by atoms with van der Waals surface area (Å²) in [4.78, 5) is 43.6. The third-order valence-corrected chi connectivity index (χ3v) is 7.36. The molecule has 3 aromatic rings. The highest BCUT2D eigenvalue weighted by molar-refractivity contribution is 6.04. The minimum Gasteiger partial charge on any atom is -0.457 e. The normalized spacial score (nSPS) is 17.6. The van der Waals surface area contributed by atoms with Gasteiger partial charge in [-0.05, 0) is 31.0 Å². The number of unbranched alkanes of at least 4 members (excludes halogenated alkanes) is 3. The van der Waals surface area contributed by atoms with Crippen molar-refractivity contribution in [1.29, 1.82) is 0 Å². The van der Waals surface area contributed by atoms with Crippen LogP contribution in [0.2, 0.25) is 0 Å². The Morgan fingerprint density at radius 3 is 2.76 bits per heavy atom. The molecule has 0 bridgehead atoms. The van der Waals surface area contributed by atoms with Gasteiger partial charge >= 0.3 is 11.9 Å². The Morgan fingerprint density at radius 1 is 1.22 bits per heavy atom. The van der Waals surface area contributed by atoms with E-state index in [-0.39, 0.29) is 18.6 Å².